The van der Waals surface area contributed by atoms with Gasteiger partial charge in [0.25, 0.3) is 18.2 Å². The number of rotatable bonds is 5. The van der Waals surface area contributed by atoms with Crippen molar-refractivity contribution in [3.8, 4) is 11.1 Å². The molecule has 0 unspecified atom stereocenters. The predicted octanol–water partition coefficient (Wildman–Crippen LogP) is 3.34. The normalized spacial score (nSPS) is 11.5. The summed E-state index contributed by atoms with van der Waals surface area (Å²) >= 11 is 0.844. The molecule has 0 saturated carbocycles. The van der Waals surface area contributed by atoms with Gasteiger partial charge in [-0.15, -0.1) is 11.3 Å². The van der Waals surface area contributed by atoms with Gasteiger partial charge in [0.1, 0.15) is 15.4 Å². The van der Waals surface area contributed by atoms with E-state index in [1.807, 2.05) is 0 Å². The van der Waals surface area contributed by atoms with Crippen LogP contribution < -0.4 is 11.1 Å². The Morgan fingerprint density at radius 2 is 1.88 bits per heavy atom. The minimum Gasteiger partial charge on any atom is -0.365 e. The summed E-state index contributed by atoms with van der Waals surface area (Å²) in [5.41, 5.74) is 7.63. The van der Waals surface area contributed by atoms with E-state index in [1.54, 1.807) is 44.9 Å². The van der Waals surface area contributed by atoms with Gasteiger partial charge < -0.3 is 11.1 Å². The quantitative estimate of drug-likeness (QED) is 0.474. The molecule has 0 saturated heterocycles. The lowest BCUT2D eigenvalue weighted by atomic mass is 10.0. The molecule has 166 valence electrons. The largest absolute Gasteiger partial charge is 0.365 e. The molecule has 0 aliphatic carbocycles. The minimum absolute atomic E-state index is 0.00251. The van der Waals surface area contributed by atoms with Gasteiger partial charge in [-0.2, -0.15) is 10.2 Å². The van der Waals surface area contributed by atoms with Crippen molar-refractivity contribution in [1.82, 2.24) is 24.5 Å². The SMILES string of the molecule is Cc1nn(C)cc1-c1cc(C(F)F)nc2sc(C(N)=O)c(NC(=O)c3cc(C)n(C)n3)c12. The highest BCUT2D eigenvalue weighted by atomic mass is 32.1. The monoisotopic (exact) mass is 459 g/mol. The summed E-state index contributed by atoms with van der Waals surface area (Å²) in [6.45, 7) is 3.53. The molecule has 0 aliphatic rings. The minimum atomic E-state index is -2.83. The molecule has 3 N–H and O–H groups in total. The molecule has 12 heteroatoms. The predicted molar refractivity (Wildman–Crippen MR) is 116 cm³/mol. The first kappa shape index (κ1) is 21.6. The zero-order valence-corrected chi connectivity index (χ0v) is 18.4. The summed E-state index contributed by atoms with van der Waals surface area (Å²) in [6.07, 6.45) is -1.15. The molecule has 4 rings (SSSR count). The van der Waals surface area contributed by atoms with Crippen LogP contribution in [-0.2, 0) is 14.1 Å². The molecule has 0 aliphatic heterocycles. The zero-order valence-electron chi connectivity index (χ0n) is 17.6. The van der Waals surface area contributed by atoms with E-state index in [1.165, 1.54) is 10.7 Å². The van der Waals surface area contributed by atoms with E-state index in [2.05, 4.69) is 20.5 Å². The van der Waals surface area contributed by atoms with Gasteiger partial charge in [0.2, 0.25) is 0 Å². The Labute approximate surface area is 184 Å². The average Bonchev–Trinajstić information content (AvgIpc) is 3.36. The van der Waals surface area contributed by atoms with Gasteiger partial charge in [0, 0.05) is 36.9 Å². The number of primary amides is 1. The second kappa shape index (κ2) is 7.79. The van der Waals surface area contributed by atoms with E-state index >= 15 is 0 Å². The number of nitrogens with two attached hydrogens (primary N) is 1. The van der Waals surface area contributed by atoms with Crippen molar-refractivity contribution in [3.63, 3.8) is 0 Å². The van der Waals surface area contributed by atoms with Crippen LogP contribution >= 0.6 is 11.3 Å². The number of anilines is 1. The Balaban J connectivity index is 1.98. The van der Waals surface area contributed by atoms with E-state index < -0.39 is 23.9 Å². The van der Waals surface area contributed by atoms with Gasteiger partial charge in [-0.1, -0.05) is 0 Å². The summed E-state index contributed by atoms with van der Waals surface area (Å²) in [4.78, 5) is 29.3. The number of thiophene rings is 1. The topological polar surface area (TPSA) is 121 Å². The van der Waals surface area contributed by atoms with Crippen LogP contribution in [0.2, 0.25) is 0 Å². The summed E-state index contributed by atoms with van der Waals surface area (Å²) in [5, 5.41) is 11.5. The van der Waals surface area contributed by atoms with Gasteiger partial charge in [-0.3, -0.25) is 19.0 Å². The molecule has 0 spiro atoms. The fourth-order valence-electron chi connectivity index (χ4n) is 3.45. The maximum Gasteiger partial charge on any atom is 0.280 e. The molecule has 2 amide bonds. The lowest BCUT2D eigenvalue weighted by molar-refractivity contribution is 0.100. The smallest absolute Gasteiger partial charge is 0.280 e. The maximum absolute atomic E-state index is 13.6. The van der Waals surface area contributed by atoms with Crippen LogP contribution in [0.25, 0.3) is 21.3 Å². The molecular weight excluding hydrogens is 440 g/mol. The number of nitrogens with zero attached hydrogens (tertiary/aromatic N) is 5. The standard InChI is InChI=1S/C20H19F2N7O2S/c1-8-5-13(27-29(8)4)19(31)25-15-14-10(11-7-28(3)26-9(11)2)6-12(17(21)22)24-20(14)32-16(15)18(23)30/h5-7,17H,1-4H3,(H2,23,30)(H,25,31). The fourth-order valence-corrected chi connectivity index (χ4v) is 4.46. The van der Waals surface area contributed by atoms with Crippen molar-refractivity contribution in [3.05, 3.63) is 46.0 Å². The van der Waals surface area contributed by atoms with E-state index in [-0.39, 0.29) is 21.1 Å². The second-order valence-corrected chi connectivity index (χ2v) is 8.30. The summed E-state index contributed by atoms with van der Waals surface area (Å²) < 4.78 is 30.3. The molecule has 0 fully saturated rings. The number of amides is 2. The number of nitrogens with one attached hydrogen (secondary N) is 1. The Hall–Kier alpha value is -3.67. The van der Waals surface area contributed by atoms with E-state index in [0.29, 0.717) is 22.2 Å². The van der Waals surface area contributed by atoms with Crippen LogP contribution in [-0.4, -0.2) is 36.4 Å². The number of carbonyl (C=O) groups excluding carboxylic acids is 2. The van der Waals surface area contributed by atoms with Crippen molar-refractivity contribution in [1.29, 1.82) is 0 Å². The number of hydrogen-bond donors (Lipinski definition) is 2. The highest BCUT2D eigenvalue weighted by Gasteiger charge is 2.26. The molecule has 0 bridgehead atoms. The van der Waals surface area contributed by atoms with E-state index in [9.17, 15) is 18.4 Å². The van der Waals surface area contributed by atoms with Crippen LogP contribution in [0.1, 0.15) is 43.7 Å². The van der Waals surface area contributed by atoms with Crippen LogP contribution in [0, 0.1) is 13.8 Å². The third kappa shape index (κ3) is 3.62. The summed E-state index contributed by atoms with van der Waals surface area (Å²) in [5.74, 6) is -1.38. The van der Waals surface area contributed by atoms with Crippen molar-refractivity contribution in [2.24, 2.45) is 19.8 Å². The Morgan fingerprint density at radius 3 is 2.41 bits per heavy atom. The van der Waals surface area contributed by atoms with Crippen LogP contribution in [0.3, 0.4) is 0 Å². The van der Waals surface area contributed by atoms with Crippen molar-refractivity contribution < 1.29 is 18.4 Å². The van der Waals surface area contributed by atoms with Gasteiger partial charge in [0.15, 0.2) is 5.69 Å². The Morgan fingerprint density at radius 1 is 1.16 bits per heavy atom. The zero-order chi connectivity index (χ0) is 23.3. The van der Waals surface area contributed by atoms with Crippen molar-refractivity contribution in [2.75, 3.05) is 5.32 Å². The number of aryl methyl sites for hydroxylation is 4. The van der Waals surface area contributed by atoms with Crippen LogP contribution in [0.5, 0.6) is 0 Å². The van der Waals surface area contributed by atoms with E-state index in [4.69, 9.17) is 5.73 Å². The highest BCUT2D eigenvalue weighted by molar-refractivity contribution is 7.21. The molecule has 4 aromatic heterocycles. The van der Waals surface area contributed by atoms with E-state index in [0.717, 1.165) is 17.0 Å². The maximum atomic E-state index is 13.6. The number of hydrogen-bond acceptors (Lipinski definition) is 6. The first-order valence-electron chi connectivity index (χ1n) is 9.44. The van der Waals surface area contributed by atoms with Crippen molar-refractivity contribution in [2.45, 2.75) is 20.3 Å². The summed E-state index contributed by atoms with van der Waals surface area (Å²) in [7, 11) is 3.40. The Kier molecular flexibility index (Phi) is 5.25. The number of halogens is 2. The van der Waals surface area contributed by atoms with Gasteiger partial charge in [-0.05, 0) is 31.5 Å². The number of fused-ring (bicyclic) bond motifs is 1. The first-order chi connectivity index (χ1) is 15.1. The van der Waals surface area contributed by atoms with Gasteiger partial charge in [-0.25, -0.2) is 13.8 Å². The lowest BCUT2D eigenvalue weighted by Crippen LogP contribution is -2.17. The first-order valence-corrected chi connectivity index (χ1v) is 10.3. The third-order valence-electron chi connectivity index (χ3n) is 5.02. The van der Waals surface area contributed by atoms with Gasteiger partial charge in [0.05, 0.1) is 11.4 Å². The number of alkyl halides is 2. The van der Waals surface area contributed by atoms with Crippen molar-refractivity contribution >= 4 is 39.1 Å². The second-order valence-electron chi connectivity index (χ2n) is 7.30. The molecular formula is C20H19F2N7O2S. The number of pyridine rings is 1. The number of aromatic nitrogens is 5. The van der Waals surface area contributed by atoms with Crippen LogP contribution in [0.4, 0.5) is 14.5 Å². The fraction of sp³-hybridized carbons (Fsp3) is 0.250. The van der Waals surface area contributed by atoms with Crippen LogP contribution in [0.15, 0.2) is 18.3 Å². The third-order valence-corrected chi connectivity index (χ3v) is 6.12. The van der Waals surface area contributed by atoms with Gasteiger partial charge >= 0.3 is 0 Å². The average molecular weight is 459 g/mol. The molecule has 0 atom stereocenters. The number of carbonyl (C=O) groups is 2. The lowest BCUT2D eigenvalue weighted by Gasteiger charge is -2.10. The molecule has 0 radical (unpaired) electrons. The Bertz CT molecular complexity index is 1370. The molecule has 0 aromatic carbocycles. The summed E-state index contributed by atoms with van der Waals surface area (Å²) in [6, 6.07) is 2.84. The molecule has 4 heterocycles. The highest BCUT2D eigenvalue weighted by Crippen LogP contribution is 2.43. The molecule has 9 nitrogen and oxygen atoms in total. The molecule has 4 aromatic rings. The molecule has 32 heavy (non-hydrogen) atoms.